The van der Waals surface area contributed by atoms with Gasteiger partial charge in [-0.1, -0.05) is 0 Å². The summed E-state index contributed by atoms with van der Waals surface area (Å²) in [6.45, 7) is 5.52. The van der Waals surface area contributed by atoms with Gasteiger partial charge in [-0.3, -0.25) is 0 Å². The highest BCUT2D eigenvalue weighted by Crippen LogP contribution is 2.31. The van der Waals surface area contributed by atoms with Crippen molar-refractivity contribution in [2.45, 2.75) is 38.3 Å². The van der Waals surface area contributed by atoms with Crippen molar-refractivity contribution in [3.63, 3.8) is 0 Å². The van der Waals surface area contributed by atoms with E-state index in [4.69, 9.17) is 0 Å². The molecule has 1 atom stereocenters. The summed E-state index contributed by atoms with van der Waals surface area (Å²) >= 11 is 0. The van der Waals surface area contributed by atoms with Crippen LogP contribution in [-0.2, 0) is 0 Å². The van der Waals surface area contributed by atoms with Crippen LogP contribution in [0.25, 0.3) is 0 Å². The van der Waals surface area contributed by atoms with Gasteiger partial charge in [-0.15, -0.1) is 0 Å². The average molecular weight is 266 g/mol. The van der Waals surface area contributed by atoms with E-state index in [1.54, 1.807) is 6.07 Å². The monoisotopic (exact) mass is 266 g/mol. The molecule has 3 nitrogen and oxygen atoms in total. The predicted molar refractivity (Wildman–Crippen MR) is 75.9 cm³/mol. The number of anilines is 1. The molecular formula is C15H23FN2O. The first-order valence-corrected chi connectivity index (χ1v) is 6.87. The van der Waals surface area contributed by atoms with Crippen LogP contribution in [0.1, 0.15) is 38.3 Å². The quantitative estimate of drug-likeness (QED) is 0.882. The molecule has 19 heavy (non-hydrogen) atoms. The van der Waals surface area contributed by atoms with Crippen molar-refractivity contribution in [1.82, 2.24) is 5.32 Å². The highest BCUT2D eigenvalue weighted by atomic mass is 19.1. The smallest absolute Gasteiger partial charge is 0.123 e. The van der Waals surface area contributed by atoms with Crippen LogP contribution in [0.5, 0.6) is 0 Å². The minimum absolute atomic E-state index is 0.105. The molecule has 1 aliphatic rings. The molecule has 0 aliphatic carbocycles. The van der Waals surface area contributed by atoms with Crippen LogP contribution in [0.4, 0.5) is 10.1 Å². The number of benzene rings is 1. The van der Waals surface area contributed by atoms with Crippen molar-refractivity contribution >= 4 is 5.69 Å². The average Bonchev–Trinajstić information content (AvgIpc) is 2.38. The third-order valence-corrected chi connectivity index (χ3v) is 4.07. The molecule has 1 aromatic rings. The van der Waals surface area contributed by atoms with Crippen molar-refractivity contribution in [2.75, 3.05) is 25.0 Å². The first-order valence-electron chi connectivity index (χ1n) is 6.87. The van der Waals surface area contributed by atoms with Crippen LogP contribution in [0.15, 0.2) is 18.2 Å². The summed E-state index contributed by atoms with van der Waals surface area (Å²) in [6, 6.07) is 5.06. The van der Waals surface area contributed by atoms with Crippen LogP contribution in [0.3, 0.4) is 0 Å². The Kier molecular flexibility index (Phi) is 4.11. The maximum atomic E-state index is 13.4. The Morgan fingerprint density at radius 2 is 2.00 bits per heavy atom. The summed E-state index contributed by atoms with van der Waals surface area (Å²) in [5.41, 5.74) is 1.48. The van der Waals surface area contributed by atoms with Crippen LogP contribution >= 0.6 is 0 Å². The Morgan fingerprint density at radius 3 is 2.58 bits per heavy atom. The number of nitrogens with zero attached hydrogens (tertiary/aromatic N) is 1. The summed E-state index contributed by atoms with van der Waals surface area (Å²) in [5.74, 6) is -0.204. The molecule has 1 heterocycles. The summed E-state index contributed by atoms with van der Waals surface area (Å²) in [5, 5.41) is 13.2. The normalized spacial score (nSPS) is 20.4. The zero-order valence-electron chi connectivity index (χ0n) is 11.9. The molecule has 106 valence electrons. The second-order valence-electron chi connectivity index (χ2n) is 5.70. The van der Waals surface area contributed by atoms with Crippen molar-refractivity contribution in [2.24, 2.45) is 0 Å². The first kappa shape index (κ1) is 14.3. The molecule has 0 radical (unpaired) electrons. The number of halogens is 1. The van der Waals surface area contributed by atoms with E-state index >= 15 is 0 Å². The van der Waals surface area contributed by atoms with E-state index in [1.807, 2.05) is 27.0 Å². The van der Waals surface area contributed by atoms with Crippen LogP contribution in [0, 0.1) is 5.82 Å². The first-order chi connectivity index (χ1) is 8.93. The summed E-state index contributed by atoms with van der Waals surface area (Å²) in [7, 11) is 1.88. The van der Waals surface area contributed by atoms with Gasteiger partial charge in [0.1, 0.15) is 5.82 Å². The van der Waals surface area contributed by atoms with Crippen molar-refractivity contribution in [3.05, 3.63) is 29.6 Å². The van der Waals surface area contributed by atoms with E-state index in [2.05, 4.69) is 10.2 Å². The summed E-state index contributed by atoms with van der Waals surface area (Å²) in [4.78, 5) is 2.24. The maximum absolute atomic E-state index is 13.4. The molecule has 2 N–H and O–H groups in total. The zero-order valence-corrected chi connectivity index (χ0v) is 11.9. The number of hydrogen-bond acceptors (Lipinski definition) is 3. The van der Waals surface area contributed by atoms with Crippen molar-refractivity contribution in [3.8, 4) is 0 Å². The second kappa shape index (κ2) is 5.47. The van der Waals surface area contributed by atoms with Crippen LogP contribution in [-0.4, -0.2) is 30.8 Å². The molecule has 4 heteroatoms. The minimum atomic E-state index is -0.564. The van der Waals surface area contributed by atoms with Gasteiger partial charge in [0.2, 0.25) is 0 Å². The number of piperidine rings is 1. The van der Waals surface area contributed by atoms with Gasteiger partial charge in [0.05, 0.1) is 5.60 Å². The zero-order chi connectivity index (χ0) is 14.0. The Balaban J connectivity index is 2.25. The third-order valence-electron chi connectivity index (χ3n) is 4.07. The highest BCUT2D eigenvalue weighted by Gasteiger charge is 2.28. The number of aliphatic hydroxyl groups is 1. The predicted octanol–water partition coefficient (Wildman–Crippen LogP) is 2.46. The van der Waals surface area contributed by atoms with Gasteiger partial charge < -0.3 is 15.3 Å². The molecule has 1 saturated heterocycles. The Labute approximate surface area is 114 Å². The Bertz CT molecular complexity index is 438. The van der Waals surface area contributed by atoms with Crippen molar-refractivity contribution in [1.29, 1.82) is 0 Å². The number of nitrogens with one attached hydrogen (secondary N) is 1. The van der Waals surface area contributed by atoms with E-state index in [-0.39, 0.29) is 11.9 Å². The lowest BCUT2D eigenvalue weighted by Gasteiger charge is -2.38. The van der Waals surface area contributed by atoms with Gasteiger partial charge in [0.25, 0.3) is 0 Å². The Hall–Kier alpha value is -1.13. The fourth-order valence-electron chi connectivity index (χ4n) is 2.55. The SMILES string of the molecule is CNC(C)c1cc(F)ccc1N1CCC(C)(O)CC1. The lowest BCUT2D eigenvalue weighted by molar-refractivity contribution is 0.0351. The highest BCUT2D eigenvalue weighted by molar-refractivity contribution is 5.55. The number of hydrogen-bond donors (Lipinski definition) is 2. The van der Waals surface area contributed by atoms with E-state index in [0.717, 1.165) is 37.2 Å². The van der Waals surface area contributed by atoms with E-state index < -0.39 is 5.60 Å². The summed E-state index contributed by atoms with van der Waals surface area (Å²) < 4.78 is 13.4. The largest absolute Gasteiger partial charge is 0.390 e. The van der Waals surface area contributed by atoms with E-state index in [1.165, 1.54) is 6.07 Å². The van der Waals surface area contributed by atoms with Crippen LogP contribution < -0.4 is 10.2 Å². The van der Waals surface area contributed by atoms with Crippen LogP contribution in [0.2, 0.25) is 0 Å². The molecule has 0 aromatic heterocycles. The van der Waals surface area contributed by atoms with Gasteiger partial charge in [-0.05, 0) is 57.5 Å². The fraction of sp³-hybridized carbons (Fsp3) is 0.600. The topological polar surface area (TPSA) is 35.5 Å². The molecule has 0 amide bonds. The fourth-order valence-corrected chi connectivity index (χ4v) is 2.55. The van der Waals surface area contributed by atoms with Crippen molar-refractivity contribution < 1.29 is 9.50 Å². The lowest BCUT2D eigenvalue weighted by atomic mass is 9.92. The third kappa shape index (κ3) is 3.25. The molecule has 0 spiro atoms. The van der Waals surface area contributed by atoms with Gasteiger partial charge in [0.15, 0.2) is 0 Å². The standard InChI is InChI=1S/C15H23FN2O/c1-11(17-3)13-10-12(16)4-5-14(13)18-8-6-15(2,19)7-9-18/h4-5,10-11,17,19H,6-9H2,1-3H3. The molecule has 1 fully saturated rings. The summed E-state index contributed by atoms with van der Waals surface area (Å²) in [6.07, 6.45) is 1.50. The van der Waals surface area contributed by atoms with Gasteiger partial charge in [-0.2, -0.15) is 0 Å². The van der Waals surface area contributed by atoms with E-state index in [9.17, 15) is 9.50 Å². The molecule has 0 saturated carbocycles. The maximum Gasteiger partial charge on any atom is 0.123 e. The molecule has 1 aliphatic heterocycles. The van der Waals surface area contributed by atoms with Gasteiger partial charge >= 0.3 is 0 Å². The molecule has 0 bridgehead atoms. The number of rotatable bonds is 3. The Morgan fingerprint density at radius 1 is 1.37 bits per heavy atom. The van der Waals surface area contributed by atoms with Gasteiger partial charge in [0, 0.05) is 24.8 Å². The molecule has 1 aromatic carbocycles. The molecule has 1 unspecified atom stereocenters. The van der Waals surface area contributed by atoms with E-state index in [0.29, 0.717) is 0 Å². The molecular weight excluding hydrogens is 243 g/mol. The minimum Gasteiger partial charge on any atom is -0.390 e. The van der Waals surface area contributed by atoms with Gasteiger partial charge in [-0.25, -0.2) is 4.39 Å². The molecule has 2 rings (SSSR count). The lowest BCUT2D eigenvalue weighted by Crippen LogP contribution is -2.43. The second-order valence-corrected chi connectivity index (χ2v) is 5.70.